The topological polar surface area (TPSA) is 99.7 Å². The number of rotatable bonds is 6. The highest BCUT2D eigenvalue weighted by Crippen LogP contribution is 2.30. The maximum Gasteiger partial charge on any atom is 0.255 e. The molecule has 2 aromatic carbocycles. The van der Waals surface area contributed by atoms with Crippen molar-refractivity contribution in [2.24, 2.45) is 0 Å². The van der Waals surface area contributed by atoms with E-state index in [1.807, 2.05) is 31.2 Å². The first-order valence-electron chi connectivity index (χ1n) is 8.87. The van der Waals surface area contributed by atoms with Crippen LogP contribution in [0, 0.1) is 13.8 Å². The van der Waals surface area contributed by atoms with E-state index in [2.05, 4.69) is 4.98 Å². The van der Waals surface area contributed by atoms with Crippen molar-refractivity contribution in [3.05, 3.63) is 87.8 Å². The third-order valence-electron chi connectivity index (χ3n) is 4.40. The molecule has 29 heavy (non-hydrogen) atoms. The molecule has 0 bridgehead atoms. The summed E-state index contributed by atoms with van der Waals surface area (Å²) in [5.74, 6) is 1.16. The molecular formula is C21H22N2O5S. The Kier molecular flexibility index (Phi) is 5.76. The number of nitrogens with zero attached hydrogens (tertiary/aromatic N) is 1. The number of aliphatic hydroxyl groups excluding tert-OH is 1. The number of pyridine rings is 1. The van der Waals surface area contributed by atoms with E-state index in [0.717, 1.165) is 16.1 Å². The Labute approximate surface area is 169 Å². The summed E-state index contributed by atoms with van der Waals surface area (Å²) in [4.78, 5) is 14.6. The molecule has 7 nitrogen and oxygen atoms in total. The van der Waals surface area contributed by atoms with Crippen LogP contribution in [0.25, 0.3) is 0 Å². The van der Waals surface area contributed by atoms with Crippen LogP contribution in [0.4, 0.5) is 5.69 Å². The molecule has 1 atom stereocenters. The van der Waals surface area contributed by atoms with Gasteiger partial charge in [-0.2, -0.15) is 0 Å². The molecule has 152 valence electrons. The monoisotopic (exact) mass is 414 g/mol. The summed E-state index contributed by atoms with van der Waals surface area (Å²) >= 11 is 0. The number of aromatic nitrogens is 1. The van der Waals surface area contributed by atoms with Gasteiger partial charge in [0.1, 0.15) is 11.5 Å². The van der Waals surface area contributed by atoms with Gasteiger partial charge in [0, 0.05) is 6.20 Å². The molecule has 3 aromatic rings. The molecule has 8 heteroatoms. The minimum Gasteiger partial charge on any atom is -0.457 e. The lowest BCUT2D eigenvalue weighted by Crippen LogP contribution is -2.37. The number of benzene rings is 2. The second-order valence-electron chi connectivity index (χ2n) is 6.74. The van der Waals surface area contributed by atoms with Crippen molar-refractivity contribution >= 4 is 15.7 Å². The number of nitrogens with one attached hydrogen (secondary N) is 1. The van der Waals surface area contributed by atoms with Crippen LogP contribution in [0.3, 0.4) is 0 Å². The number of sulfonamides is 1. The Hall–Kier alpha value is -3.10. The summed E-state index contributed by atoms with van der Waals surface area (Å²) in [5.41, 5.74) is 1.22. The van der Waals surface area contributed by atoms with E-state index in [-0.39, 0.29) is 11.3 Å². The van der Waals surface area contributed by atoms with Gasteiger partial charge in [0.05, 0.1) is 17.5 Å². The average molecular weight is 414 g/mol. The number of aromatic amines is 1. The minimum absolute atomic E-state index is 0.0297. The lowest BCUT2D eigenvalue weighted by Gasteiger charge is -2.28. The first-order chi connectivity index (χ1) is 13.7. The summed E-state index contributed by atoms with van der Waals surface area (Å²) in [6.45, 7) is 3.61. The normalized spacial score (nSPS) is 12.4. The van der Waals surface area contributed by atoms with Crippen molar-refractivity contribution in [3.8, 4) is 11.5 Å². The fourth-order valence-corrected chi connectivity index (χ4v) is 3.92. The van der Waals surface area contributed by atoms with Gasteiger partial charge in [0.15, 0.2) is 6.23 Å². The summed E-state index contributed by atoms with van der Waals surface area (Å²) < 4.78 is 31.4. The fourth-order valence-electron chi connectivity index (χ4n) is 2.94. The van der Waals surface area contributed by atoms with Gasteiger partial charge in [-0.15, -0.1) is 0 Å². The molecule has 1 unspecified atom stereocenters. The summed E-state index contributed by atoms with van der Waals surface area (Å²) in [5, 5.41) is 10.8. The van der Waals surface area contributed by atoms with E-state index in [1.54, 1.807) is 25.1 Å². The van der Waals surface area contributed by atoms with Gasteiger partial charge in [0.25, 0.3) is 5.56 Å². The van der Waals surface area contributed by atoms with Crippen LogP contribution in [-0.2, 0) is 10.0 Å². The summed E-state index contributed by atoms with van der Waals surface area (Å²) in [6.07, 6.45) is 0.744. The molecule has 0 amide bonds. The largest absolute Gasteiger partial charge is 0.457 e. The Bertz CT molecular complexity index is 1150. The third-order valence-corrected chi connectivity index (χ3v) is 5.53. The van der Waals surface area contributed by atoms with Gasteiger partial charge < -0.3 is 14.8 Å². The van der Waals surface area contributed by atoms with Gasteiger partial charge in [-0.3, -0.25) is 4.79 Å². The molecule has 0 saturated heterocycles. The Morgan fingerprint density at radius 1 is 0.966 bits per heavy atom. The van der Waals surface area contributed by atoms with Crippen LogP contribution in [-0.4, -0.2) is 24.8 Å². The average Bonchev–Trinajstić information content (AvgIpc) is 2.64. The maximum absolute atomic E-state index is 12.4. The fraction of sp³-hybridized carbons (Fsp3) is 0.190. The number of aliphatic hydroxyl groups is 1. The van der Waals surface area contributed by atoms with Crippen LogP contribution in [0.2, 0.25) is 0 Å². The van der Waals surface area contributed by atoms with Crippen LogP contribution >= 0.6 is 0 Å². The van der Waals surface area contributed by atoms with Gasteiger partial charge in [0.2, 0.25) is 10.0 Å². The highest BCUT2D eigenvalue weighted by molar-refractivity contribution is 7.92. The van der Waals surface area contributed by atoms with Crippen molar-refractivity contribution in [1.29, 1.82) is 0 Å². The highest BCUT2D eigenvalue weighted by Gasteiger charge is 2.29. The lowest BCUT2D eigenvalue weighted by molar-refractivity contribution is 0.188. The van der Waals surface area contributed by atoms with E-state index in [4.69, 9.17) is 4.74 Å². The molecule has 0 saturated carbocycles. The maximum atomic E-state index is 12.4. The number of hydrogen-bond donors (Lipinski definition) is 2. The molecule has 0 fully saturated rings. The minimum atomic E-state index is -3.89. The molecule has 1 aromatic heterocycles. The number of aryl methyl sites for hydroxylation is 2. The molecule has 0 aliphatic heterocycles. The van der Waals surface area contributed by atoms with E-state index >= 15 is 0 Å². The molecular weight excluding hydrogens is 392 g/mol. The third kappa shape index (κ3) is 4.67. The van der Waals surface area contributed by atoms with Crippen LogP contribution < -0.4 is 14.6 Å². The number of hydrogen-bond acceptors (Lipinski definition) is 5. The molecule has 0 aliphatic carbocycles. The standard InChI is InChI=1S/C21H22N2O5S/c1-14-4-8-17(9-5-14)28-18-10-6-16(7-11-18)23(29(3,26)27)21(25)19-15(2)12-13-22-20(19)24/h4-13,21,25H,1-3H3,(H,22,24). The Morgan fingerprint density at radius 2 is 1.52 bits per heavy atom. The zero-order chi connectivity index (χ0) is 21.2. The van der Waals surface area contributed by atoms with Crippen molar-refractivity contribution in [1.82, 2.24) is 4.98 Å². The number of H-pyrrole nitrogens is 1. The summed E-state index contributed by atoms with van der Waals surface area (Å²) in [7, 11) is -3.89. The van der Waals surface area contributed by atoms with Crippen LogP contribution in [0.5, 0.6) is 11.5 Å². The Morgan fingerprint density at radius 3 is 2.03 bits per heavy atom. The second kappa shape index (κ2) is 8.10. The van der Waals surface area contributed by atoms with Crippen LogP contribution in [0.1, 0.15) is 22.9 Å². The molecule has 3 rings (SSSR count). The lowest BCUT2D eigenvalue weighted by atomic mass is 10.1. The quantitative estimate of drug-likeness (QED) is 0.603. The van der Waals surface area contributed by atoms with Crippen molar-refractivity contribution in [2.75, 3.05) is 10.6 Å². The first kappa shape index (κ1) is 20.6. The molecule has 0 spiro atoms. The summed E-state index contributed by atoms with van der Waals surface area (Å²) in [6, 6.07) is 15.3. The van der Waals surface area contributed by atoms with Gasteiger partial charge in [-0.05, 0) is 61.9 Å². The van der Waals surface area contributed by atoms with E-state index in [0.29, 0.717) is 17.1 Å². The molecule has 0 aliphatic rings. The highest BCUT2D eigenvalue weighted by atomic mass is 32.2. The zero-order valence-corrected chi connectivity index (χ0v) is 17.1. The van der Waals surface area contributed by atoms with Crippen molar-refractivity contribution < 1.29 is 18.3 Å². The van der Waals surface area contributed by atoms with Gasteiger partial charge in [-0.25, -0.2) is 12.7 Å². The van der Waals surface area contributed by atoms with Crippen LogP contribution in [0.15, 0.2) is 65.6 Å². The van der Waals surface area contributed by atoms with Gasteiger partial charge in [-0.1, -0.05) is 17.7 Å². The molecule has 1 heterocycles. The number of anilines is 1. The van der Waals surface area contributed by atoms with E-state index in [9.17, 15) is 18.3 Å². The predicted octanol–water partition coefficient (Wildman–Crippen LogP) is 3.24. The Balaban J connectivity index is 1.94. The predicted molar refractivity (Wildman–Crippen MR) is 112 cm³/mol. The first-order valence-corrected chi connectivity index (χ1v) is 10.7. The number of ether oxygens (including phenoxy) is 1. The molecule has 2 N–H and O–H groups in total. The second-order valence-corrected chi connectivity index (χ2v) is 8.60. The van der Waals surface area contributed by atoms with E-state index in [1.165, 1.54) is 18.3 Å². The smallest absolute Gasteiger partial charge is 0.255 e. The van der Waals surface area contributed by atoms with Crippen molar-refractivity contribution in [2.45, 2.75) is 20.1 Å². The SMILES string of the molecule is Cc1ccc(Oc2ccc(N(C(O)c3c(C)cc[nH]c3=O)S(C)(=O)=O)cc2)cc1. The van der Waals surface area contributed by atoms with Gasteiger partial charge >= 0.3 is 0 Å². The van der Waals surface area contributed by atoms with E-state index < -0.39 is 21.8 Å². The van der Waals surface area contributed by atoms with Crippen molar-refractivity contribution in [3.63, 3.8) is 0 Å². The molecule has 0 radical (unpaired) electrons. The zero-order valence-electron chi connectivity index (χ0n) is 16.3.